The maximum absolute atomic E-state index is 11.8. The van der Waals surface area contributed by atoms with Crippen molar-refractivity contribution in [3.8, 4) is 5.75 Å². The Morgan fingerprint density at radius 2 is 2.10 bits per heavy atom. The molecule has 21 heavy (non-hydrogen) atoms. The Bertz CT molecular complexity index is 518. The number of nitrogens with zero attached hydrogens (tertiary/aromatic N) is 1. The lowest BCUT2D eigenvalue weighted by Crippen LogP contribution is -2.37. The molecular weight excluding hydrogens is 288 g/mol. The quantitative estimate of drug-likeness (QED) is 0.615. The highest BCUT2D eigenvalue weighted by Crippen LogP contribution is 2.27. The smallest absolute Gasteiger partial charge is 0.325 e. The highest BCUT2D eigenvalue weighted by molar-refractivity contribution is 7.80. The fourth-order valence-electron chi connectivity index (χ4n) is 1.98. The summed E-state index contributed by atoms with van der Waals surface area (Å²) in [6.07, 6.45) is 0. The van der Waals surface area contributed by atoms with Crippen LogP contribution < -0.4 is 15.4 Å². The molecule has 0 fully saturated rings. The molecule has 0 spiro atoms. The molecule has 0 aliphatic carbocycles. The van der Waals surface area contributed by atoms with E-state index in [1.54, 1.807) is 26.2 Å². The van der Waals surface area contributed by atoms with Gasteiger partial charge in [-0.2, -0.15) is 0 Å². The predicted octanol–water partition coefficient (Wildman–Crippen LogP) is 2.11. The molecule has 116 valence electrons. The second kappa shape index (κ2) is 7.83. The second-order valence-corrected chi connectivity index (χ2v) is 5.21. The Labute approximate surface area is 131 Å². The molecule has 0 bridgehead atoms. The molecule has 0 aliphatic heterocycles. The van der Waals surface area contributed by atoms with Gasteiger partial charge in [0.15, 0.2) is 0 Å². The van der Waals surface area contributed by atoms with Crippen LogP contribution in [-0.4, -0.2) is 37.3 Å². The number of methoxy groups -OCH3 is 1. The van der Waals surface area contributed by atoms with Crippen LogP contribution in [0.1, 0.15) is 26.3 Å². The zero-order valence-corrected chi connectivity index (χ0v) is 13.7. The SMILES string of the molecule is CCOC(=O)CN(c1cc(OC)ccc1C(N)=S)C(C)C. The summed E-state index contributed by atoms with van der Waals surface area (Å²) < 4.78 is 10.3. The molecule has 0 radical (unpaired) electrons. The van der Waals surface area contributed by atoms with Crippen LogP contribution in [0.4, 0.5) is 5.69 Å². The number of nitrogens with two attached hydrogens (primary N) is 1. The Balaban J connectivity index is 3.22. The van der Waals surface area contributed by atoms with Crippen molar-refractivity contribution in [3.05, 3.63) is 23.8 Å². The molecule has 0 atom stereocenters. The van der Waals surface area contributed by atoms with Crippen molar-refractivity contribution in [2.75, 3.05) is 25.2 Å². The number of ether oxygens (including phenoxy) is 2. The van der Waals surface area contributed by atoms with Crippen molar-refractivity contribution in [1.82, 2.24) is 0 Å². The van der Waals surface area contributed by atoms with Crippen LogP contribution in [0.15, 0.2) is 18.2 Å². The first-order chi connectivity index (χ1) is 9.90. The van der Waals surface area contributed by atoms with E-state index < -0.39 is 0 Å². The second-order valence-electron chi connectivity index (χ2n) is 4.77. The molecule has 5 nitrogen and oxygen atoms in total. The van der Waals surface area contributed by atoms with Gasteiger partial charge in [0, 0.05) is 17.7 Å². The number of benzene rings is 1. The van der Waals surface area contributed by atoms with Gasteiger partial charge < -0.3 is 20.1 Å². The van der Waals surface area contributed by atoms with Gasteiger partial charge in [0.1, 0.15) is 17.3 Å². The molecule has 0 saturated heterocycles. The summed E-state index contributed by atoms with van der Waals surface area (Å²) in [6, 6.07) is 5.50. The van der Waals surface area contributed by atoms with Crippen LogP contribution in [0, 0.1) is 0 Å². The van der Waals surface area contributed by atoms with Gasteiger partial charge in [-0.05, 0) is 32.9 Å². The summed E-state index contributed by atoms with van der Waals surface area (Å²) in [6.45, 7) is 6.24. The number of anilines is 1. The topological polar surface area (TPSA) is 64.8 Å². The van der Waals surface area contributed by atoms with Crippen LogP contribution in [-0.2, 0) is 9.53 Å². The minimum Gasteiger partial charge on any atom is -0.497 e. The maximum Gasteiger partial charge on any atom is 0.325 e. The van der Waals surface area contributed by atoms with Crippen molar-refractivity contribution in [2.24, 2.45) is 5.73 Å². The summed E-state index contributed by atoms with van der Waals surface area (Å²) in [4.78, 5) is 14.0. The van der Waals surface area contributed by atoms with E-state index in [0.29, 0.717) is 17.9 Å². The highest BCUT2D eigenvalue weighted by Gasteiger charge is 2.20. The first-order valence-corrected chi connectivity index (χ1v) is 7.21. The minimum absolute atomic E-state index is 0.0783. The van der Waals surface area contributed by atoms with E-state index in [1.165, 1.54) is 0 Å². The van der Waals surface area contributed by atoms with Crippen LogP contribution >= 0.6 is 12.2 Å². The summed E-state index contributed by atoms with van der Waals surface area (Å²) in [5.74, 6) is 0.391. The molecule has 2 N–H and O–H groups in total. The van der Waals surface area contributed by atoms with Gasteiger partial charge in [-0.3, -0.25) is 4.79 Å². The molecule has 0 aliphatic rings. The molecule has 1 rings (SSSR count). The van der Waals surface area contributed by atoms with Crippen LogP contribution in [0.2, 0.25) is 0 Å². The van der Waals surface area contributed by atoms with E-state index in [4.69, 9.17) is 27.4 Å². The van der Waals surface area contributed by atoms with Gasteiger partial charge in [0.05, 0.1) is 19.4 Å². The lowest BCUT2D eigenvalue weighted by Gasteiger charge is -2.30. The lowest BCUT2D eigenvalue weighted by molar-refractivity contribution is -0.141. The molecule has 0 heterocycles. The molecule has 1 aromatic carbocycles. The molecule has 0 saturated carbocycles. The van der Waals surface area contributed by atoms with Crippen LogP contribution in [0.25, 0.3) is 0 Å². The lowest BCUT2D eigenvalue weighted by atomic mass is 10.1. The third kappa shape index (κ3) is 4.60. The van der Waals surface area contributed by atoms with Crippen molar-refractivity contribution in [2.45, 2.75) is 26.8 Å². The molecule has 0 amide bonds. The zero-order valence-electron chi connectivity index (χ0n) is 12.9. The van der Waals surface area contributed by atoms with Gasteiger partial charge >= 0.3 is 5.97 Å². The number of hydrogen-bond donors (Lipinski definition) is 1. The number of thiocarbonyl (C=S) groups is 1. The van der Waals surface area contributed by atoms with E-state index in [9.17, 15) is 4.79 Å². The van der Waals surface area contributed by atoms with E-state index in [0.717, 1.165) is 5.69 Å². The zero-order chi connectivity index (χ0) is 16.0. The molecular formula is C15H22N2O3S. The summed E-state index contributed by atoms with van der Waals surface area (Å²) in [7, 11) is 1.59. The summed E-state index contributed by atoms with van der Waals surface area (Å²) in [5, 5.41) is 0. The van der Waals surface area contributed by atoms with Crippen molar-refractivity contribution < 1.29 is 14.3 Å². The van der Waals surface area contributed by atoms with Crippen molar-refractivity contribution >= 4 is 28.9 Å². The summed E-state index contributed by atoms with van der Waals surface area (Å²) in [5.41, 5.74) is 7.26. The van der Waals surface area contributed by atoms with Gasteiger partial charge in [-0.25, -0.2) is 0 Å². The van der Waals surface area contributed by atoms with Crippen molar-refractivity contribution in [3.63, 3.8) is 0 Å². The average molecular weight is 310 g/mol. The average Bonchev–Trinajstić information content (AvgIpc) is 2.44. The standard InChI is InChI=1S/C15H22N2O3S/c1-5-20-14(18)9-17(10(2)3)13-8-11(19-4)6-7-12(13)15(16)21/h6-8,10H,5,9H2,1-4H3,(H2,16,21). The van der Waals surface area contributed by atoms with E-state index in [1.807, 2.05) is 24.8 Å². The number of esters is 1. The third-order valence-electron chi connectivity index (χ3n) is 3.01. The molecule has 6 heteroatoms. The first-order valence-electron chi connectivity index (χ1n) is 6.80. The van der Waals surface area contributed by atoms with Crippen LogP contribution in [0.5, 0.6) is 5.75 Å². The van der Waals surface area contributed by atoms with Gasteiger partial charge in [-0.1, -0.05) is 12.2 Å². The maximum atomic E-state index is 11.8. The van der Waals surface area contributed by atoms with E-state index >= 15 is 0 Å². The summed E-state index contributed by atoms with van der Waals surface area (Å²) >= 11 is 5.09. The normalized spacial score (nSPS) is 10.3. The van der Waals surface area contributed by atoms with Gasteiger partial charge in [0.25, 0.3) is 0 Å². The Morgan fingerprint density at radius 3 is 2.57 bits per heavy atom. The molecule has 0 unspecified atom stereocenters. The predicted molar refractivity (Wildman–Crippen MR) is 88.0 cm³/mol. The fourth-order valence-corrected chi connectivity index (χ4v) is 2.15. The third-order valence-corrected chi connectivity index (χ3v) is 3.23. The number of carbonyl (C=O) groups excluding carboxylic acids is 1. The Hall–Kier alpha value is -1.82. The van der Waals surface area contributed by atoms with Gasteiger partial charge in [0.2, 0.25) is 0 Å². The van der Waals surface area contributed by atoms with Gasteiger partial charge in [-0.15, -0.1) is 0 Å². The van der Waals surface area contributed by atoms with Crippen LogP contribution in [0.3, 0.4) is 0 Å². The number of carbonyl (C=O) groups is 1. The number of hydrogen-bond acceptors (Lipinski definition) is 5. The Kier molecular flexibility index (Phi) is 6.42. The monoisotopic (exact) mass is 310 g/mol. The van der Waals surface area contributed by atoms with Crippen molar-refractivity contribution in [1.29, 1.82) is 0 Å². The molecule has 1 aromatic rings. The number of rotatable bonds is 7. The highest BCUT2D eigenvalue weighted by atomic mass is 32.1. The largest absolute Gasteiger partial charge is 0.497 e. The minimum atomic E-state index is -0.289. The van der Waals surface area contributed by atoms with E-state index in [2.05, 4.69) is 0 Å². The first kappa shape index (κ1) is 17.2. The Morgan fingerprint density at radius 1 is 1.43 bits per heavy atom. The van der Waals surface area contributed by atoms with E-state index in [-0.39, 0.29) is 23.5 Å². The fraction of sp³-hybridized carbons (Fsp3) is 0.467. The molecule has 0 aromatic heterocycles.